The summed E-state index contributed by atoms with van der Waals surface area (Å²) in [5.74, 6) is -4.15. The van der Waals surface area contributed by atoms with Gasteiger partial charge in [-0.05, 0) is 13.3 Å². The first-order valence-electron chi connectivity index (χ1n) is 8.86. The molecule has 1 rings (SSSR count). The minimum Gasteiger partial charge on any atom is -0.464 e. The Morgan fingerprint density at radius 2 is 1.58 bits per heavy atom. The second kappa shape index (κ2) is 9.47. The lowest BCUT2D eigenvalue weighted by Gasteiger charge is -2.22. The van der Waals surface area contributed by atoms with Crippen LogP contribution in [0.2, 0.25) is 0 Å². The van der Waals surface area contributed by atoms with Crippen LogP contribution in [0.3, 0.4) is 0 Å². The Bertz CT molecular complexity index is 1080. The molecule has 0 aliphatic rings. The molecule has 190 valence electrons. The van der Waals surface area contributed by atoms with Crippen LogP contribution in [0.1, 0.15) is 32.5 Å². The van der Waals surface area contributed by atoms with Crippen LogP contribution in [0.5, 0.6) is 0 Å². The lowest BCUT2D eigenvalue weighted by Crippen LogP contribution is -2.57. The molecule has 0 radical (unpaired) electrons. The highest BCUT2D eigenvalue weighted by atomic mass is 32.3. The molecule has 0 fully saturated rings. The average molecular weight is 533 g/mol. The van der Waals surface area contributed by atoms with E-state index in [1.165, 1.54) is 13.2 Å². The van der Waals surface area contributed by atoms with Gasteiger partial charge in [0.25, 0.3) is 11.2 Å². The van der Waals surface area contributed by atoms with E-state index in [4.69, 9.17) is 4.74 Å². The molecule has 1 unspecified atom stereocenters. The number of aryl methyl sites for hydroxylation is 1. The third kappa shape index (κ3) is 5.10. The number of rotatable bonds is 8. The third-order valence-corrected chi connectivity index (χ3v) is 7.84. The number of H-pyrrole nitrogens is 1. The van der Waals surface area contributed by atoms with Gasteiger partial charge in [-0.2, -0.15) is 43.2 Å². The van der Waals surface area contributed by atoms with Crippen molar-refractivity contribution in [3.05, 3.63) is 18.2 Å². The van der Waals surface area contributed by atoms with Crippen LogP contribution in [0.25, 0.3) is 0 Å². The van der Waals surface area contributed by atoms with Crippen LogP contribution >= 0.6 is 0 Å². The molecule has 1 aromatic rings. The van der Waals surface area contributed by atoms with Crippen molar-refractivity contribution >= 4 is 31.9 Å². The van der Waals surface area contributed by atoms with E-state index in [-0.39, 0.29) is 13.0 Å². The molecular formula is C15H21F6N3O7S2+2. The summed E-state index contributed by atoms with van der Waals surface area (Å²) < 4.78 is 137. The van der Waals surface area contributed by atoms with Gasteiger partial charge in [-0.1, -0.05) is 13.3 Å². The summed E-state index contributed by atoms with van der Waals surface area (Å²) in [4.78, 5) is 15.3. The Balaban J connectivity index is 4.27. The summed E-state index contributed by atoms with van der Waals surface area (Å²) in [6, 6.07) is 0. The maximum Gasteiger partial charge on any atom is 0.561 e. The summed E-state index contributed by atoms with van der Waals surface area (Å²) in [6.45, 7) is 1.97. The van der Waals surface area contributed by atoms with Gasteiger partial charge in [0.15, 0.2) is 0 Å². The average Bonchev–Trinajstić information content (AvgIpc) is 3.09. The van der Waals surface area contributed by atoms with E-state index in [0.717, 1.165) is 10.8 Å². The number of unbranched alkanes of at least 4 members (excludes halogenated alkanes) is 1. The topological polar surface area (TPSA) is 126 Å². The van der Waals surface area contributed by atoms with Gasteiger partial charge in [-0.25, -0.2) is 9.55 Å². The number of halogens is 6. The van der Waals surface area contributed by atoms with Crippen LogP contribution in [0.15, 0.2) is 12.4 Å². The normalized spacial score (nSPS) is 15.0. The number of carbonyl (C=O) groups excluding carboxylic acids is 1. The summed E-state index contributed by atoms with van der Waals surface area (Å²) in [7, 11) is -13.0. The number of methoxy groups -OCH3 is 1. The van der Waals surface area contributed by atoms with Crippen molar-refractivity contribution in [2.45, 2.75) is 43.1 Å². The van der Waals surface area contributed by atoms with Crippen molar-refractivity contribution in [2.24, 2.45) is 7.05 Å². The molecule has 10 nitrogen and oxygen atoms in total. The van der Waals surface area contributed by atoms with Gasteiger partial charge < -0.3 is 9.47 Å². The molecule has 33 heavy (non-hydrogen) atoms. The smallest absolute Gasteiger partial charge is 0.464 e. The lowest BCUT2D eigenvalue weighted by atomic mass is 9.89. The number of sulfonamides is 2. The summed E-state index contributed by atoms with van der Waals surface area (Å²) in [5, 5.41) is 0. The fourth-order valence-electron chi connectivity index (χ4n) is 2.64. The van der Waals surface area contributed by atoms with Gasteiger partial charge in [-0.3, -0.25) is 4.79 Å². The van der Waals surface area contributed by atoms with Gasteiger partial charge in [0.1, 0.15) is 12.4 Å². The number of aromatic nitrogens is 2. The number of carbonyl (C=O) groups is 1. The van der Waals surface area contributed by atoms with Crippen LogP contribution in [0, 0.1) is 0 Å². The van der Waals surface area contributed by atoms with Gasteiger partial charge in [0.05, 0.1) is 24.2 Å². The molecule has 1 aromatic heterocycles. The van der Waals surface area contributed by atoms with Gasteiger partial charge in [0, 0.05) is 0 Å². The summed E-state index contributed by atoms with van der Waals surface area (Å²) in [5.41, 5.74) is -16.0. The molecule has 0 spiro atoms. The highest BCUT2D eigenvalue weighted by Gasteiger charge is 2.72. The number of nitrogens with zero attached hydrogens (tertiary/aromatic N) is 2. The van der Waals surface area contributed by atoms with Gasteiger partial charge in [0.2, 0.25) is 0 Å². The molecule has 18 heteroatoms. The zero-order valence-corrected chi connectivity index (χ0v) is 19.2. The Labute approximate surface area is 184 Å². The van der Waals surface area contributed by atoms with Crippen molar-refractivity contribution in [3.63, 3.8) is 0 Å². The number of alkyl halides is 6. The van der Waals surface area contributed by atoms with Gasteiger partial charge in [-0.15, -0.1) is 0 Å². The van der Waals surface area contributed by atoms with Gasteiger partial charge >= 0.3 is 42.9 Å². The maximum atomic E-state index is 13.3. The maximum absolute atomic E-state index is 13.3. The second-order valence-corrected chi connectivity index (χ2v) is 10.4. The van der Waals surface area contributed by atoms with Crippen molar-refractivity contribution in [1.29, 1.82) is 0 Å². The summed E-state index contributed by atoms with van der Waals surface area (Å²) in [6.07, 6.45) is 2.96. The van der Waals surface area contributed by atoms with Crippen LogP contribution < -0.4 is 4.57 Å². The lowest BCUT2D eigenvalue weighted by molar-refractivity contribution is -0.680. The molecule has 0 bridgehead atoms. The van der Waals surface area contributed by atoms with E-state index in [2.05, 4.69) is 9.72 Å². The molecule has 0 amide bonds. The van der Waals surface area contributed by atoms with Crippen LogP contribution in [-0.2, 0) is 46.8 Å². The second-order valence-electron chi connectivity index (χ2n) is 6.64. The van der Waals surface area contributed by atoms with E-state index in [9.17, 15) is 48.0 Å². The monoisotopic (exact) mass is 533 g/mol. The SMILES string of the molecule is CCCCOC(=O)C(C)(C(OC)=[N+](S(=O)(=O)C(F)(F)F)S(=O)(=O)C(F)(F)F)c1[nH]cc[n+]1C. The zero-order chi connectivity index (χ0) is 26.0. The predicted octanol–water partition coefficient (Wildman–Crippen LogP) is 1.20. The largest absolute Gasteiger partial charge is 0.561 e. The van der Waals surface area contributed by atoms with Crippen molar-refractivity contribution in [2.75, 3.05) is 13.7 Å². The van der Waals surface area contributed by atoms with Crippen LogP contribution in [0.4, 0.5) is 26.3 Å². The number of nitrogens with one attached hydrogen (secondary N) is 1. The quantitative estimate of drug-likeness (QED) is 0.133. The minimum absolute atomic E-state index is 0.229. The first-order valence-corrected chi connectivity index (χ1v) is 11.7. The van der Waals surface area contributed by atoms with E-state index < -0.39 is 57.6 Å². The Hall–Kier alpha value is -2.37. The van der Waals surface area contributed by atoms with E-state index >= 15 is 0 Å². The van der Waals surface area contributed by atoms with Crippen molar-refractivity contribution in [1.82, 2.24) is 4.98 Å². The van der Waals surface area contributed by atoms with E-state index in [0.29, 0.717) is 20.5 Å². The number of ether oxygens (including phenoxy) is 2. The zero-order valence-electron chi connectivity index (χ0n) is 17.6. The number of aromatic amines is 1. The first-order chi connectivity index (χ1) is 14.8. The van der Waals surface area contributed by atoms with E-state index in [1.54, 1.807) is 6.92 Å². The molecule has 0 aliphatic heterocycles. The molecule has 0 saturated heterocycles. The van der Waals surface area contributed by atoms with Crippen LogP contribution in [-0.4, -0.2) is 61.8 Å². The fourth-order valence-corrected chi connectivity index (χ4v) is 5.50. The predicted molar refractivity (Wildman–Crippen MR) is 97.4 cm³/mol. The van der Waals surface area contributed by atoms with E-state index in [1.807, 2.05) is 0 Å². The molecule has 0 saturated carbocycles. The Morgan fingerprint density at radius 1 is 1.09 bits per heavy atom. The molecule has 1 atom stereocenters. The number of hydrogen-bond acceptors (Lipinski definition) is 7. The minimum atomic E-state index is -7.30. The molecule has 1 N–H and O–H groups in total. The van der Waals surface area contributed by atoms with Crippen molar-refractivity contribution < 1.29 is 65.4 Å². The molecule has 0 aliphatic carbocycles. The number of hydrogen-bond donors (Lipinski definition) is 1. The van der Waals surface area contributed by atoms with Crippen molar-refractivity contribution in [3.8, 4) is 0 Å². The molecular weight excluding hydrogens is 512 g/mol. The first kappa shape index (κ1) is 28.7. The Morgan fingerprint density at radius 3 is 1.91 bits per heavy atom. The molecule has 1 heterocycles. The Kier molecular flexibility index (Phi) is 8.23. The number of imidazole rings is 1. The highest BCUT2D eigenvalue weighted by molar-refractivity contribution is 7.98. The number of esters is 1. The standard InChI is InChI=1S/C15H20F6N3O7S2/c1-5-6-9-31-12(25)13(2,10-22-7-8-23(10)3)11(30-4)24(32(26,27)14(16,17)18)33(28,29)15(19,20)21/h7-8H,5-6,9H2,1-4H3/q+1/p+1. The fraction of sp³-hybridized carbons (Fsp3) is 0.667. The summed E-state index contributed by atoms with van der Waals surface area (Å²) >= 11 is 0. The highest BCUT2D eigenvalue weighted by Crippen LogP contribution is 2.35. The molecule has 0 aromatic carbocycles. The third-order valence-electron chi connectivity index (χ3n) is 4.29.